The van der Waals surface area contributed by atoms with Gasteiger partial charge in [0.15, 0.2) is 11.7 Å². The van der Waals surface area contributed by atoms with E-state index in [9.17, 15) is 23.1 Å². The van der Waals surface area contributed by atoms with E-state index in [1.54, 1.807) is 33.0 Å². The number of ketones is 1. The van der Waals surface area contributed by atoms with Gasteiger partial charge in [-0.1, -0.05) is 44.2 Å². The van der Waals surface area contributed by atoms with E-state index in [1.807, 2.05) is 44.2 Å². The van der Waals surface area contributed by atoms with Crippen LogP contribution >= 0.6 is 0 Å². The van der Waals surface area contributed by atoms with E-state index in [4.69, 9.17) is 9.15 Å². The first kappa shape index (κ1) is 36.4. The summed E-state index contributed by atoms with van der Waals surface area (Å²) in [5, 5.41) is 11.7. The van der Waals surface area contributed by atoms with Crippen molar-refractivity contribution in [2.45, 2.75) is 58.1 Å². The summed E-state index contributed by atoms with van der Waals surface area (Å²) in [7, 11) is -0.842. The number of aliphatic hydroxyl groups is 1. The second-order valence-corrected chi connectivity index (χ2v) is 14.3. The fourth-order valence-electron chi connectivity index (χ4n) is 5.49. The minimum atomic E-state index is -3.98. The third-order valence-corrected chi connectivity index (χ3v) is 9.88. The molecule has 0 spiro atoms. The standard InChI is InChI=1S/C36H44N4O7S/c1-24(2)21-40(48(44,45)32-14-12-31(46-6)13-15-32)23-35(42)28(16-27-10-8-7-9-11-27)18-34(41)29-17-30(20-37-19-29)36(43)39(5)22-33-25(3)47-26(4)38-33/h7-15,17,19-20,24,28,35,42H,16,18,21-23H2,1-6H3/t28-,35-/m1/s1. The van der Waals surface area contributed by atoms with Crippen LogP contribution in [0.2, 0.25) is 0 Å². The van der Waals surface area contributed by atoms with Gasteiger partial charge in [-0.25, -0.2) is 13.4 Å². The number of rotatable bonds is 16. The Morgan fingerprint density at radius 2 is 1.65 bits per heavy atom. The highest BCUT2D eigenvalue weighted by Crippen LogP contribution is 2.25. The fraction of sp³-hybridized carbons (Fsp3) is 0.389. The molecule has 2 aromatic heterocycles. The summed E-state index contributed by atoms with van der Waals surface area (Å²) < 4.78 is 39.5. The number of nitrogens with zero attached hydrogens (tertiary/aromatic N) is 4. The Hall–Kier alpha value is -4.39. The van der Waals surface area contributed by atoms with Crippen LogP contribution in [0.15, 0.2) is 82.4 Å². The molecule has 256 valence electrons. The van der Waals surface area contributed by atoms with Gasteiger partial charge < -0.3 is 19.2 Å². The molecule has 11 nitrogen and oxygen atoms in total. The van der Waals surface area contributed by atoms with Crippen LogP contribution < -0.4 is 4.74 Å². The Kier molecular flexibility index (Phi) is 12.3. The fourth-order valence-corrected chi connectivity index (χ4v) is 7.12. The number of Topliss-reactive ketones (excluding diaryl/α,β-unsaturated/α-hetero) is 1. The molecule has 2 aromatic carbocycles. The average Bonchev–Trinajstić information content (AvgIpc) is 3.39. The van der Waals surface area contributed by atoms with Gasteiger partial charge in [0.2, 0.25) is 10.0 Å². The normalized spacial score (nSPS) is 13.0. The third kappa shape index (κ3) is 9.36. The lowest BCUT2D eigenvalue weighted by atomic mass is 9.87. The number of aryl methyl sites for hydroxylation is 2. The van der Waals surface area contributed by atoms with Crippen molar-refractivity contribution in [3.05, 3.63) is 107 Å². The zero-order chi connectivity index (χ0) is 35.0. The van der Waals surface area contributed by atoms with Gasteiger partial charge >= 0.3 is 0 Å². The number of oxazole rings is 1. The number of carbonyl (C=O) groups is 2. The maximum absolute atomic E-state index is 13.8. The van der Waals surface area contributed by atoms with Crippen LogP contribution in [0.5, 0.6) is 5.75 Å². The molecule has 2 atom stereocenters. The molecule has 0 aliphatic rings. The Morgan fingerprint density at radius 3 is 2.25 bits per heavy atom. The molecular weight excluding hydrogens is 632 g/mol. The monoisotopic (exact) mass is 676 g/mol. The molecule has 0 bridgehead atoms. The van der Waals surface area contributed by atoms with Gasteiger partial charge in [-0.2, -0.15) is 4.31 Å². The van der Waals surface area contributed by atoms with Gasteiger partial charge in [-0.05, 0) is 61.1 Å². The summed E-state index contributed by atoms with van der Waals surface area (Å²) >= 11 is 0. The molecule has 0 saturated carbocycles. The third-order valence-electron chi connectivity index (χ3n) is 8.03. The number of sulfonamides is 1. The van der Waals surface area contributed by atoms with E-state index in [1.165, 1.54) is 46.9 Å². The first-order chi connectivity index (χ1) is 22.8. The van der Waals surface area contributed by atoms with E-state index in [-0.39, 0.29) is 59.7 Å². The van der Waals surface area contributed by atoms with Crippen molar-refractivity contribution in [1.29, 1.82) is 0 Å². The molecule has 0 aliphatic heterocycles. The maximum Gasteiger partial charge on any atom is 0.255 e. The van der Waals surface area contributed by atoms with Crippen molar-refractivity contribution in [3.8, 4) is 5.75 Å². The molecule has 0 radical (unpaired) electrons. The SMILES string of the molecule is COc1ccc(S(=O)(=O)N(CC(C)C)C[C@@H](O)[C@@H](CC(=O)c2cncc(C(=O)N(C)Cc3nc(C)oc3C)c2)Cc2ccccc2)cc1. The second-order valence-electron chi connectivity index (χ2n) is 12.4. The quantitative estimate of drug-likeness (QED) is 0.160. The summed E-state index contributed by atoms with van der Waals surface area (Å²) in [6.45, 7) is 7.51. The highest BCUT2D eigenvalue weighted by Gasteiger charge is 2.32. The van der Waals surface area contributed by atoms with Crippen molar-refractivity contribution >= 4 is 21.7 Å². The highest BCUT2D eigenvalue weighted by molar-refractivity contribution is 7.89. The van der Waals surface area contributed by atoms with Crippen molar-refractivity contribution in [2.75, 3.05) is 27.2 Å². The predicted octanol–water partition coefficient (Wildman–Crippen LogP) is 5.11. The topological polar surface area (TPSA) is 143 Å². The summed E-state index contributed by atoms with van der Waals surface area (Å²) in [5.74, 6) is 0.332. The van der Waals surface area contributed by atoms with E-state index in [2.05, 4.69) is 9.97 Å². The molecule has 12 heteroatoms. The molecule has 1 N–H and O–H groups in total. The van der Waals surface area contributed by atoms with Crippen LogP contribution in [0.25, 0.3) is 0 Å². The molecule has 0 aliphatic carbocycles. The zero-order valence-corrected chi connectivity index (χ0v) is 29.1. The van der Waals surface area contributed by atoms with Crippen molar-refractivity contribution < 1.29 is 32.3 Å². The number of aliphatic hydroxyl groups excluding tert-OH is 1. The van der Waals surface area contributed by atoms with E-state index in [0.29, 0.717) is 29.5 Å². The average molecular weight is 677 g/mol. The Morgan fingerprint density at radius 1 is 0.979 bits per heavy atom. The number of methoxy groups -OCH3 is 1. The van der Waals surface area contributed by atoms with Gasteiger partial charge in [0, 0.05) is 51.4 Å². The molecule has 48 heavy (non-hydrogen) atoms. The van der Waals surface area contributed by atoms with E-state index >= 15 is 0 Å². The van der Waals surface area contributed by atoms with Crippen LogP contribution in [-0.2, 0) is 23.0 Å². The molecule has 0 unspecified atom stereocenters. The largest absolute Gasteiger partial charge is 0.497 e. The van der Waals surface area contributed by atoms with Crippen molar-refractivity contribution in [2.24, 2.45) is 11.8 Å². The molecule has 2 heterocycles. The van der Waals surface area contributed by atoms with Crippen molar-refractivity contribution in [3.63, 3.8) is 0 Å². The van der Waals surface area contributed by atoms with E-state index in [0.717, 1.165) is 5.56 Å². The number of ether oxygens (including phenoxy) is 1. The molecule has 0 saturated heterocycles. The van der Waals surface area contributed by atoms with Gasteiger partial charge in [-0.3, -0.25) is 14.6 Å². The first-order valence-electron chi connectivity index (χ1n) is 15.8. The lowest BCUT2D eigenvalue weighted by Gasteiger charge is -2.30. The van der Waals surface area contributed by atoms with Gasteiger partial charge in [-0.15, -0.1) is 0 Å². The van der Waals surface area contributed by atoms with Crippen molar-refractivity contribution in [1.82, 2.24) is 19.2 Å². The summed E-state index contributed by atoms with van der Waals surface area (Å²) in [5.41, 5.74) is 1.99. The predicted molar refractivity (Wildman–Crippen MR) is 181 cm³/mol. The minimum absolute atomic E-state index is 0.0267. The second kappa shape index (κ2) is 16.1. The van der Waals surface area contributed by atoms with Gasteiger partial charge in [0.25, 0.3) is 5.91 Å². The number of amides is 1. The first-order valence-corrected chi connectivity index (χ1v) is 17.2. The molecule has 1 amide bonds. The number of pyridine rings is 1. The van der Waals surface area contributed by atoms with Crippen LogP contribution in [-0.4, -0.2) is 77.7 Å². The highest BCUT2D eigenvalue weighted by atomic mass is 32.2. The van der Waals surface area contributed by atoms with Crippen LogP contribution in [0, 0.1) is 25.7 Å². The maximum atomic E-state index is 13.8. The van der Waals surface area contributed by atoms with E-state index < -0.39 is 22.0 Å². The van der Waals surface area contributed by atoms with Crippen LogP contribution in [0.1, 0.15) is 63.9 Å². The summed E-state index contributed by atoms with van der Waals surface area (Å²) in [6, 6.07) is 17.0. The lowest BCUT2D eigenvalue weighted by molar-refractivity contribution is 0.0689. The van der Waals surface area contributed by atoms with Gasteiger partial charge in [0.1, 0.15) is 17.2 Å². The molecule has 0 fully saturated rings. The number of hydrogen-bond donors (Lipinski definition) is 1. The summed E-state index contributed by atoms with van der Waals surface area (Å²) in [4.78, 5) is 37.1. The van der Waals surface area contributed by atoms with Gasteiger partial charge in [0.05, 0.1) is 30.2 Å². The Bertz CT molecular complexity index is 1790. The minimum Gasteiger partial charge on any atom is -0.497 e. The molecule has 4 aromatic rings. The molecule has 4 rings (SSSR count). The Balaban J connectivity index is 1.56. The van der Waals surface area contributed by atoms with Crippen LogP contribution in [0.4, 0.5) is 0 Å². The van der Waals surface area contributed by atoms with Crippen LogP contribution in [0.3, 0.4) is 0 Å². The number of aromatic nitrogens is 2. The number of carbonyl (C=O) groups excluding carboxylic acids is 2. The zero-order valence-electron chi connectivity index (χ0n) is 28.3. The number of hydrogen-bond acceptors (Lipinski definition) is 9. The number of benzene rings is 2. The molecular formula is C36H44N4O7S. The lowest BCUT2D eigenvalue weighted by Crippen LogP contribution is -2.43. The summed E-state index contributed by atoms with van der Waals surface area (Å²) in [6.07, 6.45) is 1.85. The Labute approximate surface area is 282 Å². The smallest absolute Gasteiger partial charge is 0.255 e.